The summed E-state index contributed by atoms with van der Waals surface area (Å²) in [5.74, 6) is 0.249. The lowest BCUT2D eigenvalue weighted by Crippen LogP contribution is -2.26. The van der Waals surface area contributed by atoms with E-state index < -0.39 is 0 Å². The number of hydrogen-bond donors (Lipinski definition) is 1. The summed E-state index contributed by atoms with van der Waals surface area (Å²) in [6.07, 6.45) is 8.88. The first-order chi connectivity index (χ1) is 13.7. The Hall–Kier alpha value is -2.14. The van der Waals surface area contributed by atoms with Crippen LogP contribution in [0.25, 0.3) is 0 Å². The average molecular weight is 397 g/mol. The first-order valence-electron chi connectivity index (χ1n) is 10.4. The zero-order chi connectivity index (χ0) is 19.3. The zero-order valence-electron chi connectivity index (χ0n) is 16.3. The van der Waals surface area contributed by atoms with E-state index in [-0.39, 0.29) is 11.8 Å². The third kappa shape index (κ3) is 4.46. The molecule has 1 aromatic carbocycles. The van der Waals surface area contributed by atoms with E-state index >= 15 is 0 Å². The zero-order valence-corrected chi connectivity index (χ0v) is 17.2. The normalized spacial score (nSPS) is 17.1. The highest BCUT2D eigenvalue weighted by molar-refractivity contribution is 7.14. The van der Waals surface area contributed by atoms with Crippen molar-refractivity contribution >= 4 is 23.2 Å². The largest absolute Gasteiger partial charge is 0.347 e. The molecule has 0 unspecified atom stereocenters. The van der Waals surface area contributed by atoms with Crippen LogP contribution in [0.3, 0.4) is 0 Å². The molecule has 2 heterocycles. The van der Waals surface area contributed by atoms with Crippen molar-refractivity contribution in [3.63, 3.8) is 0 Å². The number of aryl methyl sites for hydroxylation is 2. The molecule has 2 amide bonds. The first-order valence-corrected chi connectivity index (χ1v) is 11.3. The van der Waals surface area contributed by atoms with Crippen molar-refractivity contribution in [1.29, 1.82) is 0 Å². The molecule has 1 saturated heterocycles. The summed E-state index contributed by atoms with van der Waals surface area (Å²) < 4.78 is 0. The number of fused-ring (bicyclic) bond motifs is 1. The molecule has 2 aliphatic rings. The highest BCUT2D eigenvalue weighted by Gasteiger charge is 2.21. The lowest BCUT2D eigenvalue weighted by molar-refractivity contribution is -0.128. The van der Waals surface area contributed by atoms with Gasteiger partial charge in [0, 0.05) is 30.9 Å². The highest BCUT2D eigenvalue weighted by atomic mass is 32.1. The number of likely N-dealkylation sites (tertiary alicyclic amines) is 1. The van der Waals surface area contributed by atoms with E-state index in [0.717, 1.165) is 41.8 Å². The fraction of sp³-hybridized carbons (Fsp3) is 0.478. The molecule has 0 atom stereocenters. The van der Waals surface area contributed by atoms with Crippen LogP contribution in [-0.4, -0.2) is 23.3 Å². The molecule has 0 radical (unpaired) electrons. The Balaban J connectivity index is 1.41. The Bertz CT molecular complexity index is 833. The van der Waals surface area contributed by atoms with Gasteiger partial charge in [0.05, 0.1) is 4.88 Å². The summed E-state index contributed by atoms with van der Waals surface area (Å²) in [6.45, 7) is 1.97. The molecule has 5 heteroatoms. The monoisotopic (exact) mass is 396 g/mol. The third-order valence-electron chi connectivity index (χ3n) is 5.81. The summed E-state index contributed by atoms with van der Waals surface area (Å²) in [6, 6.07) is 10.2. The molecule has 0 spiro atoms. The number of nitrogens with zero attached hydrogens (tertiary/aromatic N) is 1. The Morgan fingerprint density at radius 1 is 1.00 bits per heavy atom. The highest BCUT2D eigenvalue weighted by Crippen LogP contribution is 2.28. The van der Waals surface area contributed by atoms with Gasteiger partial charge in [0.25, 0.3) is 5.91 Å². The number of benzene rings is 1. The van der Waals surface area contributed by atoms with E-state index in [1.807, 2.05) is 23.1 Å². The van der Waals surface area contributed by atoms with Crippen molar-refractivity contribution in [2.24, 2.45) is 0 Å². The standard InChI is InChI=1S/C23H28N2O2S/c26-22-12-7-13-25(22)16-19-10-6-5-9-18(19)15-24-23(27)21-14-17-8-3-1-2-4-11-20(17)28-21/h5-6,9-10,14H,1-4,7-8,11-13,15-16H2,(H,24,27). The molecule has 28 heavy (non-hydrogen) atoms. The lowest BCUT2D eigenvalue weighted by Gasteiger charge is -2.18. The molecule has 0 saturated carbocycles. The van der Waals surface area contributed by atoms with Gasteiger partial charge < -0.3 is 10.2 Å². The number of thiophene rings is 1. The Morgan fingerprint density at radius 2 is 1.79 bits per heavy atom. The third-order valence-corrected chi connectivity index (χ3v) is 7.05. The van der Waals surface area contributed by atoms with E-state index in [1.165, 1.54) is 36.1 Å². The maximum Gasteiger partial charge on any atom is 0.261 e. The molecule has 4 nitrogen and oxygen atoms in total. The summed E-state index contributed by atoms with van der Waals surface area (Å²) in [5, 5.41) is 3.10. The fourth-order valence-corrected chi connectivity index (χ4v) is 5.35. The van der Waals surface area contributed by atoms with Crippen molar-refractivity contribution in [1.82, 2.24) is 10.2 Å². The topological polar surface area (TPSA) is 49.4 Å². The van der Waals surface area contributed by atoms with E-state index in [4.69, 9.17) is 0 Å². The maximum atomic E-state index is 12.8. The second-order valence-corrected chi connectivity index (χ2v) is 8.98. The number of nitrogens with one attached hydrogen (secondary N) is 1. The molecule has 1 N–H and O–H groups in total. The Kier molecular flexibility index (Phi) is 6.10. The maximum absolute atomic E-state index is 12.8. The number of amides is 2. The average Bonchev–Trinajstić information content (AvgIpc) is 3.27. The summed E-state index contributed by atoms with van der Waals surface area (Å²) in [5.41, 5.74) is 3.59. The molecule has 1 aromatic heterocycles. The van der Waals surface area contributed by atoms with Gasteiger partial charge in [-0.25, -0.2) is 0 Å². The molecular formula is C23H28N2O2S. The second-order valence-electron chi connectivity index (χ2n) is 7.84. The quantitative estimate of drug-likeness (QED) is 0.811. The van der Waals surface area contributed by atoms with Crippen LogP contribution in [0, 0.1) is 0 Å². The van der Waals surface area contributed by atoms with Gasteiger partial charge >= 0.3 is 0 Å². The van der Waals surface area contributed by atoms with Gasteiger partial charge in [-0.2, -0.15) is 0 Å². The summed E-state index contributed by atoms with van der Waals surface area (Å²) >= 11 is 1.67. The van der Waals surface area contributed by atoms with Crippen LogP contribution in [0.5, 0.6) is 0 Å². The van der Waals surface area contributed by atoms with Crippen molar-refractivity contribution in [2.45, 2.75) is 64.5 Å². The number of carbonyl (C=O) groups is 2. The summed E-state index contributed by atoms with van der Waals surface area (Å²) in [7, 11) is 0. The predicted molar refractivity (Wildman–Crippen MR) is 112 cm³/mol. The van der Waals surface area contributed by atoms with Gasteiger partial charge in [0.2, 0.25) is 5.91 Å². The van der Waals surface area contributed by atoms with E-state index in [2.05, 4.69) is 17.4 Å². The number of hydrogen-bond acceptors (Lipinski definition) is 3. The second kappa shape index (κ2) is 8.91. The van der Waals surface area contributed by atoms with Crippen LogP contribution in [0.4, 0.5) is 0 Å². The molecule has 1 aliphatic carbocycles. The number of carbonyl (C=O) groups excluding carboxylic acids is 2. The van der Waals surface area contributed by atoms with Gasteiger partial charge in [-0.15, -0.1) is 11.3 Å². The first kappa shape index (κ1) is 19.2. The molecule has 2 aromatic rings. The minimum atomic E-state index is 0.0174. The minimum Gasteiger partial charge on any atom is -0.347 e. The molecule has 1 aliphatic heterocycles. The summed E-state index contributed by atoms with van der Waals surface area (Å²) in [4.78, 5) is 28.8. The van der Waals surface area contributed by atoms with Gasteiger partial charge in [0.1, 0.15) is 0 Å². The SMILES string of the molecule is O=C(NCc1ccccc1CN1CCCC1=O)c1cc2c(s1)CCCCCC2. The van der Waals surface area contributed by atoms with E-state index in [1.54, 1.807) is 11.3 Å². The minimum absolute atomic E-state index is 0.0174. The molecule has 1 fully saturated rings. The molecule has 148 valence electrons. The van der Waals surface area contributed by atoms with Crippen LogP contribution in [0.2, 0.25) is 0 Å². The molecular weight excluding hydrogens is 368 g/mol. The van der Waals surface area contributed by atoms with Crippen molar-refractivity contribution in [3.8, 4) is 0 Å². The van der Waals surface area contributed by atoms with E-state index in [0.29, 0.717) is 19.5 Å². The van der Waals surface area contributed by atoms with E-state index in [9.17, 15) is 9.59 Å². The van der Waals surface area contributed by atoms with Crippen LogP contribution in [0.15, 0.2) is 30.3 Å². The van der Waals surface area contributed by atoms with Gasteiger partial charge in [0.15, 0.2) is 0 Å². The van der Waals surface area contributed by atoms with Crippen LogP contribution in [-0.2, 0) is 30.7 Å². The van der Waals surface area contributed by atoms with Gasteiger partial charge in [-0.3, -0.25) is 9.59 Å². The van der Waals surface area contributed by atoms with Crippen LogP contribution >= 0.6 is 11.3 Å². The smallest absolute Gasteiger partial charge is 0.261 e. The Morgan fingerprint density at radius 3 is 2.57 bits per heavy atom. The fourth-order valence-electron chi connectivity index (χ4n) is 4.18. The van der Waals surface area contributed by atoms with Crippen LogP contribution in [0.1, 0.15) is 69.8 Å². The van der Waals surface area contributed by atoms with Gasteiger partial charge in [-0.1, -0.05) is 37.1 Å². The number of rotatable bonds is 5. The van der Waals surface area contributed by atoms with Gasteiger partial charge in [-0.05, 0) is 54.9 Å². The molecule has 0 bridgehead atoms. The molecule has 4 rings (SSSR count). The van der Waals surface area contributed by atoms with Crippen molar-refractivity contribution in [3.05, 3.63) is 56.8 Å². The lowest BCUT2D eigenvalue weighted by atomic mass is 10.00. The van der Waals surface area contributed by atoms with Crippen molar-refractivity contribution in [2.75, 3.05) is 6.54 Å². The van der Waals surface area contributed by atoms with Crippen molar-refractivity contribution < 1.29 is 9.59 Å². The Labute approximate surface area is 170 Å². The van der Waals surface area contributed by atoms with Crippen LogP contribution < -0.4 is 5.32 Å². The predicted octanol–water partition coefficient (Wildman–Crippen LogP) is 4.46.